The first-order valence-electron chi connectivity index (χ1n) is 15.1. The van der Waals surface area contributed by atoms with Crippen LogP contribution in [0.4, 0.5) is 10.1 Å². The number of hydrogen-bond donors (Lipinski definition) is 3. The normalized spacial score (nSPS) is 24.7. The molecule has 6 rings (SSSR count). The van der Waals surface area contributed by atoms with Crippen LogP contribution < -0.4 is 10.1 Å². The zero-order valence-electron chi connectivity index (χ0n) is 25.4. The number of carbonyl (C=O) groups excluding carboxylic acids is 2. The van der Waals surface area contributed by atoms with E-state index >= 15 is 4.39 Å². The fourth-order valence-corrected chi connectivity index (χ4v) is 7.67. The van der Waals surface area contributed by atoms with Gasteiger partial charge in [0.2, 0.25) is 5.91 Å². The summed E-state index contributed by atoms with van der Waals surface area (Å²) in [6, 6.07) is 16.9. The van der Waals surface area contributed by atoms with Crippen molar-refractivity contribution in [2.75, 3.05) is 31.6 Å². The molecule has 5 atom stereocenters. The van der Waals surface area contributed by atoms with Gasteiger partial charge in [-0.2, -0.15) is 0 Å². The van der Waals surface area contributed by atoms with Crippen LogP contribution in [0, 0.1) is 22.6 Å². The van der Waals surface area contributed by atoms with Gasteiger partial charge >= 0.3 is 0 Å². The van der Waals surface area contributed by atoms with Crippen molar-refractivity contribution >= 4 is 52.5 Å². The fourth-order valence-electron chi connectivity index (χ4n) is 7.32. The van der Waals surface area contributed by atoms with Crippen LogP contribution >= 0.6 is 23.2 Å². The first-order valence-corrected chi connectivity index (χ1v) is 15.9. The third-order valence-corrected chi connectivity index (χ3v) is 9.71. The highest BCUT2D eigenvalue weighted by Crippen LogP contribution is 2.60. The summed E-state index contributed by atoms with van der Waals surface area (Å²) in [5.41, 5.74) is 0.528. The lowest BCUT2D eigenvalue weighted by molar-refractivity contribution is -0.146. The summed E-state index contributed by atoms with van der Waals surface area (Å²) in [5.74, 6) is -2.45. The SMILES string of the molecule is CCOc1cccc(CN2C3OCCN(CC(C=N)C(=N)C(C)=O)C3C(c3cccc(Cl)c3F)C23C(=O)Nc2cc(Cl)ccc23)c1. The van der Waals surface area contributed by atoms with Crippen molar-refractivity contribution in [2.45, 2.75) is 44.1 Å². The summed E-state index contributed by atoms with van der Waals surface area (Å²) in [6.45, 7) is 4.69. The topological polar surface area (TPSA) is 119 Å². The second kappa shape index (κ2) is 12.8. The Bertz CT molecular complexity index is 1720. The minimum atomic E-state index is -1.49. The van der Waals surface area contributed by atoms with Crippen molar-refractivity contribution in [2.24, 2.45) is 5.92 Å². The van der Waals surface area contributed by atoms with Gasteiger partial charge < -0.3 is 25.6 Å². The second-order valence-electron chi connectivity index (χ2n) is 11.7. The third kappa shape index (κ3) is 5.32. The van der Waals surface area contributed by atoms with Crippen LogP contribution in [0.5, 0.6) is 5.75 Å². The predicted molar refractivity (Wildman–Crippen MR) is 175 cm³/mol. The van der Waals surface area contributed by atoms with Gasteiger partial charge in [0.05, 0.1) is 35.9 Å². The Balaban J connectivity index is 1.59. The molecule has 12 heteroatoms. The lowest BCUT2D eigenvalue weighted by atomic mass is 9.73. The summed E-state index contributed by atoms with van der Waals surface area (Å²) in [5, 5.41) is 19.8. The van der Waals surface area contributed by atoms with Crippen molar-refractivity contribution < 1.29 is 23.5 Å². The molecule has 3 N–H and O–H groups in total. The summed E-state index contributed by atoms with van der Waals surface area (Å²) >= 11 is 12.8. The largest absolute Gasteiger partial charge is 0.494 e. The Kier molecular flexibility index (Phi) is 9.02. The Morgan fingerprint density at radius 2 is 2.00 bits per heavy atom. The number of nitrogens with zero attached hydrogens (tertiary/aromatic N) is 2. The summed E-state index contributed by atoms with van der Waals surface area (Å²) in [6.07, 6.45) is 0.350. The molecule has 5 unspecified atom stereocenters. The Labute approximate surface area is 276 Å². The Hall–Kier alpha value is -3.67. The van der Waals surface area contributed by atoms with Crippen LogP contribution in [0.15, 0.2) is 60.7 Å². The minimum Gasteiger partial charge on any atom is -0.494 e. The van der Waals surface area contributed by atoms with Gasteiger partial charge in [-0.3, -0.25) is 19.4 Å². The van der Waals surface area contributed by atoms with E-state index in [2.05, 4.69) is 5.32 Å². The van der Waals surface area contributed by atoms with E-state index in [-0.39, 0.29) is 41.9 Å². The average molecular weight is 667 g/mol. The number of nitrogens with one attached hydrogen (secondary N) is 3. The highest BCUT2D eigenvalue weighted by Gasteiger charge is 2.69. The van der Waals surface area contributed by atoms with Gasteiger partial charge in [0.25, 0.3) is 0 Å². The molecule has 3 aromatic rings. The summed E-state index contributed by atoms with van der Waals surface area (Å²) < 4.78 is 28.6. The van der Waals surface area contributed by atoms with Crippen molar-refractivity contribution in [3.05, 3.63) is 93.2 Å². The van der Waals surface area contributed by atoms with E-state index in [1.54, 1.807) is 30.3 Å². The Morgan fingerprint density at radius 3 is 2.74 bits per heavy atom. The quantitative estimate of drug-likeness (QED) is 0.233. The van der Waals surface area contributed by atoms with Crippen molar-refractivity contribution in [3.63, 3.8) is 0 Å². The van der Waals surface area contributed by atoms with Gasteiger partial charge in [0, 0.05) is 55.0 Å². The third-order valence-electron chi connectivity index (χ3n) is 9.18. The number of morpholine rings is 1. The van der Waals surface area contributed by atoms with Crippen LogP contribution in [-0.4, -0.2) is 72.0 Å². The van der Waals surface area contributed by atoms with Crippen LogP contribution in [0.25, 0.3) is 0 Å². The number of anilines is 1. The molecule has 3 aliphatic rings. The maximum atomic E-state index is 16.3. The summed E-state index contributed by atoms with van der Waals surface area (Å²) in [4.78, 5) is 30.9. The molecule has 1 spiro atoms. The van der Waals surface area contributed by atoms with Gasteiger partial charge in [0.15, 0.2) is 5.78 Å². The number of likely N-dealkylation sites (tertiary alicyclic amines) is 1. The molecule has 240 valence electrons. The maximum Gasteiger partial charge on any atom is 0.250 e. The van der Waals surface area contributed by atoms with E-state index in [4.69, 9.17) is 43.5 Å². The average Bonchev–Trinajstić information content (AvgIpc) is 3.48. The first-order chi connectivity index (χ1) is 22.1. The maximum absolute atomic E-state index is 16.3. The lowest BCUT2D eigenvalue weighted by Crippen LogP contribution is -2.56. The number of ketones is 1. The number of benzene rings is 3. The minimum absolute atomic E-state index is 0.0826. The number of amides is 1. The van der Waals surface area contributed by atoms with E-state index < -0.39 is 41.2 Å². The monoisotopic (exact) mass is 665 g/mol. The van der Waals surface area contributed by atoms with Gasteiger partial charge in [0.1, 0.15) is 23.3 Å². The fraction of sp³-hybridized carbons (Fsp3) is 0.353. The van der Waals surface area contributed by atoms with Crippen molar-refractivity contribution in [1.29, 1.82) is 10.8 Å². The molecule has 9 nitrogen and oxygen atoms in total. The zero-order chi connectivity index (χ0) is 32.7. The summed E-state index contributed by atoms with van der Waals surface area (Å²) in [7, 11) is 0. The number of Topliss-reactive ketones (excluding diaryl/α,β-unsaturated/α-hetero) is 1. The van der Waals surface area contributed by atoms with E-state index in [1.807, 2.05) is 41.0 Å². The van der Waals surface area contributed by atoms with Gasteiger partial charge in [-0.05, 0) is 48.4 Å². The van der Waals surface area contributed by atoms with Crippen LogP contribution in [-0.2, 0) is 26.4 Å². The van der Waals surface area contributed by atoms with Gasteiger partial charge in [-0.25, -0.2) is 4.39 Å². The molecule has 0 aromatic heterocycles. The van der Waals surface area contributed by atoms with E-state index in [0.717, 1.165) is 11.8 Å². The predicted octanol–water partition coefficient (Wildman–Crippen LogP) is 5.88. The standard InChI is InChI=1S/C34H34Cl2FN5O4/c1-3-45-23-7-4-6-20(14-23)17-42-32-31(41(12-13-46-32)18-21(16-38)30(39)19(2)43)28(24-8-5-9-26(36)29(24)37)34(42)25-11-10-22(35)15-27(25)40-33(34)44/h4-11,14-16,21,28,31-32,38-39H,3,12-13,17-18H2,1-2H3,(H,40,44). The van der Waals surface area contributed by atoms with Gasteiger partial charge in [-0.15, -0.1) is 0 Å². The molecule has 2 saturated heterocycles. The molecule has 0 radical (unpaired) electrons. The van der Waals surface area contributed by atoms with Crippen LogP contribution in [0.2, 0.25) is 10.0 Å². The van der Waals surface area contributed by atoms with Crippen LogP contribution in [0.1, 0.15) is 36.5 Å². The molecular weight excluding hydrogens is 632 g/mol. The molecule has 0 saturated carbocycles. The first kappa shape index (κ1) is 32.3. The van der Waals surface area contributed by atoms with Crippen molar-refractivity contribution in [3.8, 4) is 5.75 Å². The zero-order valence-corrected chi connectivity index (χ0v) is 26.9. The van der Waals surface area contributed by atoms with E-state index in [1.165, 1.54) is 13.0 Å². The molecular formula is C34H34Cl2FN5O4. The lowest BCUT2D eigenvalue weighted by Gasteiger charge is -2.42. The highest BCUT2D eigenvalue weighted by molar-refractivity contribution is 6.41. The van der Waals surface area contributed by atoms with Crippen molar-refractivity contribution in [1.82, 2.24) is 9.80 Å². The number of carbonyl (C=O) groups is 2. The highest BCUT2D eigenvalue weighted by atomic mass is 35.5. The molecule has 2 fully saturated rings. The second-order valence-corrected chi connectivity index (χ2v) is 12.6. The number of fused-ring (bicyclic) bond motifs is 3. The number of halogens is 3. The number of ether oxygens (including phenoxy) is 2. The molecule has 3 aliphatic heterocycles. The molecule has 3 heterocycles. The molecule has 0 aliphatic carbocycles. The van der Waals surface area contributed by atoms with Crippen LogP contribution in [0.3, 0.4) is 0 Å². The van der Waals surface area contributed by atoms with Gasteiger partial charge in [-0.1, -0.05) is 53.5 Å². The molecule has 3 aromatic carbocycles. The number of rotatable bonds is 10. The Morgan fingerprint density at radius 1 is 1.22 bits per heavy atom. The van der Waals surface area contributed by atoms with E-state index in [9.17, 15) is 9.59 Å². The molecule has 1 amide bonds. The van der Waals surface area contributed by atoms with E-state index in [0.29, 0.717) is 35.2 Å². The molecule has 46 heavy (non-hydrogen) atoms. The number of hydrogen-bond acceptors (Lipinski definition) is 8. The smallest absolute Gasteiger partial charge is 0.250 e. The molecule has 0 bridgehead atoms.